The molecule has 0 unspecified atom stereocenters. The smallest absolute Gasteiger partial charge is 0.227 e. The van der Waals surface area contributed by atoms with Crippen molar-refractivity contribution in [1.29, 1.82) is 0 Å². The highest BCUT2D eigenvalue weighted by molar-refractivity contribution is 7.14. The third-order valence-corrected chi connectivity index (χ3v) is 5.62. The van der Waals surface area contributed by atoms with Crippen molar-refractivity contribution in [3.63, 3.8) is 0 Å². The summed E-state index contributed by atoms with van der Waals surface area (Å²) in [6, 6.07) is 10.3. The van der Waals surface area contributed by atoms with Crippen LogP contribution in [-0.2, 0) is 16.0 Å². The highest BCUT2D eigenvalue weighted by atomic mass is 32.1. The summed E-state index contributed by atoms with van der Waals surface area (Å²) in [6.45, 7) is 4.11. The van der Waals surface area contributed by atoms with E-state index in [9.17, 15) is 14.4 Å². The molecule has 6 nitrogen and oxygen atoms in total. The predicted molar refractivity (Wildman–Crippen MR) is 106 cm³/mol. The summed E-state index contributed by atoms with van der Waals surface area (Å²) in [6.07, 6.45) is 0.749. The average Bonchev–Trinajstić information content (AvgIpc) is 3.21. The Morgan fingerprint density at radius 1 is 1.04 bits per heavy atom. The van der Waals surface area contributed by atoms with Gasteiger partial charge in [-0.3, -0.25) is 14.4 Å². The average molecular weight is 401 g/mol. The molecule has 1 aromatic carbocycles. The molecule has 1 saturated heterocycles. The van der Waals surface area contributed by atoms with Crippen molar-refractivity contribution in [2.45, 2.75) is 19.8 Å². The number of ketones is 2. The Bertz CT molecular complexity index is 837. The predicted octanol–water partition coefficient (Wildman–Crippen LogP) is 3.00. The van der Waals surface area contributed by atoms with Gasteiger partial charge in [0.25, 0.3) is 0 Å². The Morgan fingerprint density at radius 3 is 2.43 bits per heavy atom. The molecular weight excluding hydrogens is 378 g/mol. The molecule has 0 bridgehead atoms. The maximum Gasteiger partial charge on any atom is 0.227 e. The van der Waals surface area contributed by atoms with Crippen molar-refractivity contribution in [3.05, 3.63) is 51.7 Å². The fourth-order valence-corrected chi connectivity index (χ4v) is 3.78. The summed E-state index contributed by atoms with van der Waals surface area (Å²) in [7, 11) is 0. The molecule has 148 valence electrons. The van der Waals surface area contributed by atoms with Crippen LogP contribution in [0.1, 0.15) is 38.3 Å². The minimum Gasteiger partial charge on any atom is -0.485 e. The number of carbonyl (C=O) groups excluding carboxylic acids is 3. The van der Waals surface area contributed by atoms with Gasteiger partial charge in [0.15, 0.2) is 12.4 Å². The number of thiophene rings is 1. The number of ether oxygens (including phenoxy) is 2. The number of benzene rings is 1. The van der Waals surface area contributed by atoms with Gasteiger partial charge in [-0.05, 0) is 36.4 Å². The molecule has 0 atom stereocenters. The van der Waals surface area contributed by atoms with E-state index in [1.165, 1.54) is 11.3 Å². The zero-order valence-corrected chi connectivity index (χ0v) is 16.6. The number of hydrogen-bond donors (Lipinski definition) is 0. The second-order valence-corrected chi connectivity index (χ2v) is 7.62. The molecule has 0 aliphatic carbocycles. The van der Waals surface area contributed by atoms with Crippen molar-refractivity contribution in [2.24, 2.45) is 0 Å². The van der Waals surface area contributed by atoms with E-state index in [1.807, 2.05) is 13.0 Å². The number of nitrogens with zero attached hydrogens (tertiary/aromatic N) is 1. The van der Waals surface area contributed by atoms with Crippen LogP contribution < -0.4 is 4.74 Å². The molecular formula is C21H23NO5S. The highest BCUT2D eigenvalue weighted by Crippen LogP contribution is 2.20. The largest absolute Gasteiger partial charge is 0.485 e. The minimum absolute atomic E-state index is 0.0575. The first-order valence-corrected chi connectivity index (χ1v) is 10.1. The Hall–Kier alpha value is -2.51. The van der Waals surface area contributed by atoms with Gasteiger partial charge in [-0.2, -0.15) is 0 Å². The lowest BCUT2D eigenvalue weighted by atomic mass is 10.1. The Morgan fingerprint density at radius 2 is 1.75 bits per heavy atom. The molecule has 1 amide bonds. The van der Waals surface area contributed by atoms with Gasteiger partial charge in [-0.1, -0.05) is 6.92 Å². The van der Waals surface area contributed by atoms with Crippen LogP contribution in [0.5, 0.6) is 5.75 Å². The third-order valence-electron chi connectivity index (χ3n) is 4.49. The molecule has 2 aromatic rings. The molecule has 28 heavy (non-hydrogen) atoms. The van der Waals surface area contributed by atoms with Gasteiger partial charge in [0.2, 0.25) is 11.7 Å². The van der Waals surface area contributed by atoms with E-state index in [0.717, 1.165) is 4.88 Å². The lowest BCUT2D eigenvalue weighted by molar-refractivity contribution is -0.134. The van der Waals surface area contributed by atoms with E-state index < -0.39 is 0 Å². The van der Waals surface area contributed by atoms with Crippen molar-refractivity contribution < 1.29 is 23.9 Å². The molecule has 0 saturated carbocycles. The topological polar surface area (TPSA) is 72.9 Å². The maximum atomic E-state index is 12.4. The first-order valence-electron chi connectivity index (χ1n) is 9.30. The van der Waals surface area contributed by atoms with Crippen LogP contribution in [0.3, 0.4) is 0 Å². The summed E-state index contributed by atoms with van der Waals surface area (Å²) in [4.78, 5) is 39.5. The Labute approximate surface area is 168 Å². The van der Waals surface area contributed by atoms with Crippen LogP contribution in [0.15, 0.2) is 36.4 Å². The quantitative estimate of drug-likeness (QED) is 0.636. The molecule has 2 heterocycles. The van der Waals surface area contributed by atoms with Gasteiger partial charge >= 0.3 is 0 Å². The van der Waals surface area contributed by atoms with Crippen LogP contribution in [-0.4, -0.2) is 55.3 Å². The van der Waals surface area contributed by atoms with Crippen LogP contribution in [0.25, 0.3) is 0 Å². The third kappa shape index (κ3) is 5.27. The first kappa shape index (κ1) is 20.2. The highest BCUT2D eigenvalue weighted by Gasteiger charge is 2.19. The number of Topliss-reactive ketones (excluding diaryl/α,β-unsaturated/α-hetero) is 2. The molecule has 7 heteroatoms. The Kier molecular flexibility index (Phi) is 6.95. The summed E-state index contributed by atoms with van der Waals surface area (Å²) in [5.74, 6) is 0.534. The molecule has 0 spiro atoms. The van der Waals surface area contributed by atoms with E-state index in [1.54, 1.807) is 35.2 Å². The molecule has 1 aliphatic rings. The molecule has 3 rings (SSSR count). The van der Waals surface area contributed by atoms with Crippen LogP contribution in [0.4, 0.5) is 0 Å². The van der Waals surface area contributed by atoms with Crippen molar-refractivity contribution >= 4 is 28.8 Å². The maximum absolute atomic E-state index is 12.4. The Balaban J connectivity index is 1.51. The normalized spacial score (nSPS) is 14.0. The minimum atomic E-state index is -0.135. The molecule has 0 N–H and O–H groups in total. The van der Waals surface area contributed by atoms with Gasteiger partial charge in [0.1, 0.15) is 5.75 Å². The van der Waals surface area contributed by atoms with E-state index in [2.05, 4.69) is 0 Å². The van der Waals surface area contributed by atoms with Crippen LogP contribution in [0.2, 0.25) is 0 Å². The fraction of sp³-hybridized carbons (Fsp3) is 0.381. The van der Waals surface area contributed by atoms with Crippen LogP contribution in [0, 0.1) is 0 Å². The molecule has 0 radical (unpaired) electrons. The van der Waals surface area contributed by atoms with Gasteiger partial charge in [0, 0.05) is 30.0 Å². The van der Waals surface area contributed by atoms with Gasteiger partial charge in [-0.15, -0.1) is 11.3 Å². The monoisotopic (exact) mass is 401 g/mol. The summed E-state index contributed by atoms with van der Waals surface area (Å²) < 4.78 is 10.8. The molecule has 1 aliphatic heterocycles. The number of amides is 1. The fourth-order valence-electron chi connectivity index (χ4n) is 2.86. The second kappa shape index (κ2) is 9.61. The number of hydrogen-bond acceptors (Lipinski definition) is 6. The standard InChI is InChI=1S/C21H23NO5S/c1-2-18(23)15-3-5-16(6-4-15)27-14-19(24)20-8-7-17(28-20)13-21(25)22-9-11-26-12-10-22/h3-8H,2,9-14H2,1H3. The molecule has 1 aromatic heterocycles. The van der Waals surface area contributed by atoms with Crippen molar-refractivity contribution in [1.82, 2.24) is 4.90 Å². The lowest BCUT2D eigenvalue weighted by Gasteiger charge is -2.26. The van der Waals surface area contributed by atoms with Gasteiger partial charge < -0.3 is 14.4 Å². The van der Waals surface area contributed by atoms with Crippen LogP contribution >= 0.6 is 11.3 Å². The zero-order chi connectivity index (χ0) is 19.9. The van der Waals surface area contributed by atoms with Crippen molar-refractivity contribution in [3.8, 4) is 5.75 Å². The summed E-state index contributed by atoms with van der Waals surface area (Å²) in [5.41, 5.74) is 0.633. The second-order valence-electron chi connectivity index (χ2n) is 6.45. The van der Waals surface area contributed by atoms with E-state index in [0.29, 0.717) is 55.3 Å². The number of rotatable bonds is 8. The molecule has 1 fully saturated rings. The number of morpholine rings is 1. The van der Waals surface area contributed by atoms with E-state index in [-0.39, 0.29) is 24.1 Å². The van der Waals surface area contributed by atoms with Gasteiger partial charge in [-0.25, -0.2) is 0 Å². The summed E-state index contributed by atoms with van der Waals surface area (Å²) >= 11 is 1.32. The summed E-state index contributed by atoms with van der Waals surface area (Å²) in [5, 5.41) is 0. The van der Waals surface area contributed by atoms with E-state index >= 15 is 0 Å². The number of carbonyl (C=O) groups is 3. The SMILES string of the molecule is CCC(=O)c1ccc(OCC(=O)c2ccc(CC(=O)N3CCOCC3)s2)cc1. The van der Waals surface area contributed by atoms with Gasteiger partial charge in [0.05, 0.1) is 24.5 Å². The first-order chi connectivity index (χ1) is 13.6. The zero-order valence-electron chi connectivity index (χ0n) is 15.8. The van der Waals surface area contributed by atoms with E-state index in [4.69, 9.17) is 9.47 Å². The van der Waals surface area contributed by atoms with Crippen molar-refractivity contribution in [2.75, 3.05) is 32.9 Å². The lowest BCUT2D eigenvalue weighted by Crippen LogP contribution is -2.41.